The molecule has 0 atom stereocenters. The van der Waals surface area contributed by atoms with Crippen LogP contribution in [0.1, 0.15) is 24.5 Å². The summed E-state index contributed by atoms with van der Waals surface area (Å²) in [5, 5.41) is 23.7. The van der Waals surface area contributed by atoms with E-state index in [1.807, 2.05) is 30.4 Å². The number of hydrogen-bond donors (Lipinski definition) is 0. The zero-order valence-electron chi connectivity index (χ0n) is 10.6. The number of nitriles is 1. The molecule has 3 rings (SSSR count). The SMILES string of the molecule is Cc1nnc(C2=CC=CC2)nn1.N#CC1=CC=CC1. The van der Waals surface area contributed by atoms with Crippen LogP contribution in [-0.4, -0.2) is 20.4 Å². The van der Waals surface area contributed by atoms with E-state index in [1.54, 1.807) is 6.92 Å². The topological polar surface area (TPSA) is 75.3 Å². The van der Waals surface area contributed by atoms with E-state index in [1.165, 1.54) is 0 Å². The van der Waals surface area contributed by atoms with Gasteiger partial charge in [0.25, 0.3) is 0 Å². The minimum Gasteiger partial charge on any atom is -0.193 e. The summed E-state index contributed by atoms with van der Waals surface area (Å²) in [4.78, 5) is 0. The Labute approximate surface area is 111 Å². The summed E-state index contributed by atoms with van der Waals surface area (Å²) < 4.78 is 0. The van der Waals surface area contributed by atoms with Crippen molar-refractivity contribution in [3.05, 3.63) is 53.7 Å². The second kappa shape index (κ2) is 6.36. The molecule has 5 nitrogen and oxygen atoms in total. The summed E-state index contributed by atoms with van der Waals surface area (Å²) in [6.45, 7) is 1.77. The minimum absolute atomic E-state index is 0.602. The first-order valence-corrected chi connectivity index (χ1v) is 5.95. The van der Waals surface area contributed by atoms with E-state index in [0.29, 0.717) is 11.6 Å². The molecule has 19 heavy (non-hydrogen) atoms. The number of hydrogen-bond acceptors (Lipinski definition) is 5. The summed E-state index contributed by atoms with van der Waals surface area (Å²) in [5.41, 5.74) is 1.94. The van der Waals surface area contributed by atoms with Crippen LogP contribution in [0.15, 0.2) is 42.0 Å². The van der Waals surface area contributed by atoms with Gasteiger partial charge in [0.2, 0.25) is 0 Å². The molecular formula is C14H13N5. The largest absolute Gasteiger partial charge is 0.199 e. The van der Waals surface area contributed by atoms with Gasteiger partial charge in [0.1, 0.15) is 0 Å². The van der Waals surface area contributed by atoms with Crippen molar-refractivity contribution in [2.45, 2.75) is 19.8 Å². The summed E-state index contributed by atoms with van der Waals surface area (Å²) in [5.74, 6) is 1.23. The molecule has 0 spiro atoms. The van der Waals surface area contributed by atoms with Gasteiger partial charge in [0.15, 0.2) is 11.6 Å². The van der Waals surface area contributed by atoms with Crippen LogP contribution in [0.5, 0.6) is 0 Å². The zero-order chi connectivity index (χ0) is 13.5. The normalized spacial score (nSPS) is 15.4. The average molecular weight is 251 g/mol. The number of rotatable bonds is 1. The minimum atomic E-state index is 0.602. The zero-order valence-corrected chi connectivity index (χ0v) is 10.6. The Morgan fingerprint density at radius 1 is 1.00 bits per heavy atom. The highest BCUT2D eigenvalue weighted by atomic mass is 15.3. The highest BCUT2D eigenvalue weighted by Crippen LogP contribution is 2.17. The summed E-state index contributed by atoms with van der Waals surface area (Å²) in [6, 6.07) is 2.06. The predicted octanol–water partition coefficient (Wildman–Crippen LogP) is 2.31. The van der Waals surface area contributed by atoms with Crippen LogP contribution < -0.4 is 0 Å². The molecule has 0 aliphatic heterocycles. The Hall–Kier alpha value is -2.61. The van der Waals surface area contributed by atoms with Gasteiger partial charge >= 0.3 is 0 Å². The maximum Gasteiger partial charge on any atom is 0.199 e. The van der Waals surface area contributed by atoms with Crippen molar-refractivity contribution in [2.24, 2.45) is 0 Å². The fraction of sp³-hybridized carbons (Fsp3) is 0.214. The molecule has 5 heteroatoms. The fourth-order valence-electron chi connectivity index (χ4n) is 1.55. The van der Waals surface area contributed by atoms with Crippen LogP contribution in [0.25, 0.3) is 5.57 Å². The lowest BCUT2D eigenvalue weighted by atomic mass is 10.2. The summed E-state index contributed by atoms with van der Waals surface area (Å²) >= 11 is 0. The van der Waals surface area contributed by atoms with Crippen LogP contribution in [0, 0.1) is 18.3 Å². The van der Waals surface area contributed by atoms with Crippen molar-refractivity contribution < 1.29 is 0 Å². The predicted molar refractivity (Wildman–Crippen MR) is 71.5 cm³/mol. The molecule has 0 N–H and O–H groups in total. The van der Waals surface area contributed by atoms with Gasteiger partial charge in [-0.3, -0.25) is 0 Å². The molecular weight excluding hydrogens is 238 g/mol. The third-order valence-electron chi connectivity index (χ3n) is 2.55. The lowest BCUT2D eigenvalue weighted by Gasteiger charge is -1.96. The number of aryl methyl sites for hydroxylation is 1. The Morgan fingerprint density at radius 2 is 1.68 bits per heavy atom. The highest BCUT2D eigenvalue weighted by molar-refractivity contribution is 5.65. The van der Waals surface area contributed by atoms with Gasteiger partial charge in [0.05, 0.1) is 6.07 Å². The number of allylic oxidation sites excluding steroid dienone is 8. The van der Waals surface area contributed by atoms with Crippen LogP contribution in [0.2, 0.25) is 0 Å². The molecule has 0 radical (unpaired) electrons. The molecule has 0 bridgehead atoms. The third-order valence-corrected chi connectivity index (χ3v) is 2.55. The van der Waals surface area contributed by atoms with Crippen molar-refractivity contribution >= 4 is 5.57 Å². The molecule has 0 unspecified atom stereocenters. The molecule has 2 aliphatic carbocycles. The molecule has 94 valence electrons. The fourth-order valence-corrected chi connectivity index (χ4v) is 1.55. The Kier molecular flexibility index (Phi) is 4.29. The second-order valence-electron chi connectivity index (χ2n) is 4.03. The molecule has 0 aromatic carbocycles. The van der Waals surface area contributed by atoms with Crippen LogP contribution in [0.3, 0.4) is 0 Å². The molecule has 0 saturated carbocycles. The maximum absolute atomic E-state index is 8.21. The van der Waals surface area contributed by atoms with Crippen molar-refractivity contribution in [3.8, 4) is 6.07 Å². The molecule has 0 fully saturated rings. The van der Waals surface area contributed by atoms with Gasteiger partial charge in [-0.05, 0) is 19.4 Å². The molecule has 1 aromatic rings. The molecule has 1 heterocycles. The molecule has 0 saturated heterocycles. The second-order valence-corrected chi connectivity index (χ2v) is 4.03. The van der Waals surface area contributed by atoms with E-state index < -0.39 is 0 Å². The first-order chi connectivity index (χ1) is 9.29. The Bertz CT molecular complexity index is 600. The van der Waals surface area contributed by atoms with E-state index in [0.717, 1.165) is 24.0 Å². The van der Waals surface area contributed by atoms with Gasteiger partial charge in [-0.2, -0.15) is 5.26 Å². The number of nitrogens with zero attached hydrogens (tertiary/aromatic N) is 5. The van der Waals surface area contributed by atoms with Crippen molar-refractivity contribution in [1.82, 2.24) is 20.4 Å². The standard InChI is InChI=1S/C8H8N4.C6H5N/c1-6-9-11-8(12-10-6)7-4-2-3-5-7;7-5-6-3-1-2-4-6/h2-4H,5H2,1H3;1-3H,4H2. The van der Waals surface area contributed by atoms with Gasteiger partial charge < -0.3 is 0 Å². The van der Waals surface area contributed by atoms with Crippen molar-refractivity contribution in [1.29, 1.82) is 5.26 Å². The molecule has 2 aliphatic rings. The monoisotopic (exact) mass is 251 g/mol. The van der Waals surface area contributed by atoms with E-state index in [2.05, 4.69) is 32.5 Å². The van der Waals surface area contributed by atoms with Crippen LogP contribution >= 0.6 is 0 Å². The maximum atomic E-state index is 8.21. The summed E-state index contributed by atoms with van der Waals surface area (Å²) in [6.07, 6.45) is 13.4. The van der Waals surface area contributed by atoms with E-state index in [-0.39, 0.29) is 0 Å². The van der Waals surface area contributed by atoms with Gasteiger partial charge in [0, 0.05) is 17.6 Å². The van der Waals surface area contributed by atoms with Gasteiger partial charge in [-0.1, -0.05) is 30.4 Å². The van der Waals surface area contributed by atoms with Gasteiger partial charge in [-0.25, -0.2) is 0 Å². The van der Waals surface area contributed by atoms with Crippen molar-refractivity contribution in [3.63, 3.8) is 0 Å². The van der Waals surface area contributed by atoms with Crippen LogP contribution in [0.4, 0.5) is 0 Å². The van der Waals surface area contributed by atoms with E-state index in [9.17, 15) is 0 Å². The lowest BCUT2D eigenvalue weighted by molar-refractivity contribution is 0.787. The van der Waals surface area contributed by atoms with Gasteiger partial charge in [-0.15, -0.1) is 20.4 Å². The van der Waals surface area contributed by atoms with E-state index >= 15 is 0 Å². The number of aromatic nitrogens is 4. The van der Waals surface area contributed by atoms with Crippen molar-refractivity contribution in [2.75, 3.05) is 0 Å². The Morgan fingerprint density at radius 3 is 2.16 bits per heavy atom. The Balaban J connectivity index is 0.000000163. The first kappa shape index (κ1) is 12.8. The lowest BCUT2D eigenvalue weighted by Crippen LogP contribution is -2.00. The molecule has 1 aromatic heterocycles. The molecule has 0 amide bonds. The smallest absolute Gasteiger partial charge is 0.193 e. The third kappa shape index (κ3) is 3.68. The van der Waals surface area contributed by atoms with E-state index in [4.69, 9.17) is 5.26 Å². The summed E-state index contributed by atoms with van der Waals surface area (Å²) in [7, 11) is 0. The average Bonchev–Trinajstić information content (AvgIpc) is 3.14. The first-order valence-electron chi connectivity index (χ1n) is 5.95. The highest BCUT2D eigenvalue weighted by Gasteiger charge is 2.06. The van der Waals surface area contributed by atoms with Crippen LogP contribution in [-0.2, 0) is 0 Å². The quantitative estimate of drug-likeness (QED) is 0.765.